The van der Waals surface area contributed by atoms with Gasteiger partial charge in [-0.1, -0.05) is 20.3 Å². The van der Waals surface area contributed by atoms with Gasteiger partial charge in [0.2, 0.25) is 0 Å². The molecule has 0 saturated carbocycles. The first-order chi connectivity index (χ1) is 6.64. The lowest BCUT2D eigenvalue weighted by molar-refractivity contribution is 0.0983. The molecule has 0 aliphatic heterocycles. The average molecular weight is 238 g/mol. The third kappa shape index (κ3) is 4.79. The highest BCUT2D eigenvalue weighted by Crippen LogP contribution is 2.17. The van der Waals surface area contributed by atoms with Crippen molar-refractivity contribution in [1.29, 1.82) is 0 Å². The summed E-state index contributed by atoms with van der Waals surface area (Å²) in [4.78, 5) is 0. The van der Waals surface area contributed by atoms with Gasteiger partial charge in [0.25, 0.3) is 0 Å². The molecule has 0 aromatic carbocycles. The second-order valence-electron chi connectivity index (χ2n) is 3.21. The SMILES string of the molecule is CCC[Si](OC)(OC)OCC(S)CC. The summed E-state index contributed by atoms with van der Waals surface area (Å²) in [5.74, 6) is 0. The summed E-state index contributed by atoms with van der Waals surface area (Å²) in [6.07, 6.45) is 2.00. The molecule has 0 aliphatic carbocycles. The molecule has 0 aromatic heterocycles. The minimum atomic E-state index is -2.37. The minimum Gasteiger partial charge on any atom is -0.377 e. The van der Waals surface area contributed by atoms with Crippen LogP contribution in [0.2, 0.25) is 6.04 Å². The minimum absolute atomic E-state index is 0.268. The van der Waals surface area contributed by atoms with Crippen molar-refractivity contribution in [2.45, 2.75) is 38.0 Å². The molecular weight excluding hydrogens is 216 g/mol. The van der Waals surface area contributed by atoms with Crippen molar-refractivity contribution in [3.8, 4) is 0 Å². The summed E-state index contributed by atoms with van der Waals surface area (Å²) in [5.41, 5.74) is 0. The van der Waals surface area contributed by atoms with E-state index in [1.165, 1.54) is 0 Å². The topological polar surface area (TPSA) is 27.7 Å². The van der Waals surface area contributed by atoms with E-state index < -0.39 is 8.80 Å². The molecule has 14 heavy (non-hydrogen) atoms. The second-order valence-corrected chi connectivity index (χ2v) is 6.92. The van der Waals surface area contributed by atoms with Crippen LogP contribution in [0.4, 0.5) is 0 Å². The Bertz CT molecular complexity index is 142. The van der Waals surface area contributed by atoms with Gasteiger partial charge in [0.1, 0.15) is 0 Å². The van der Waals surface area contributed by atoms with Crippen LogP contribution in [0.25, 0.3) is 0 Å². The third-order valence-corrected chi connectivity index (χ3v) is 5.62. The van der Waals surface area contributed by atoms with Gasteiger partial charge in [-0.25, -0.2) is 0 Å². The molecule has 0 aliphatic rings. The Morgan fingerprint density at radius 1 is 1.21 bits per heavy atom. The number of thiol groups is 1. The molecule has 0 spiro atoms. The van der Waals surface area contributed by atoms with Crippen molar-refractivity contribution in [2.24, 2.45) is 0 Å². The lowest BCUT2D eigenvalue weighted by atomic mass is 10.3. The molecule has 86 valence electrons. The molecule has 0 aromatic rings. The largest absolute Gasteiger partial charge is 0.500 e. The van der Waals surface area contributed by atoms with Crippen LogP contribution >= 0.6 is 12.6 Å². The zero-order valence-electron chi connectivity index (χ0n) is 9.58. The monoisotopic (exact) mass is 238 g/mol. The van der Waals surface area contributed by atoms with Gasteiger partial charge >= 0.3 is 8.80 Å². The second kappa shape index (κ2) is 7.70. The number of hydrogen-bond donors (Lipinski definition) is 1. The molecule has 5 heteroatoms. The van der Waals surface area contributed by atoms with Crippen LogP contribution in [0.15, 0.2) is 0 Å². The molecule has 1 atom stereocenters. The summed E-state index contributed by atoms with van der Waals surface area (Å²) >= 11 is 4.37. The predicted molar refractivity (Wildman–Crippen MR) is 63.9 cm³/mol. The molecule has 0 heterocycles. The van der Waals surface area contributed by atoms with Crippen LogP contribution in [0.5, 0.6) is 0 Å². The van der Waals surface area contributed by atoms with Gasteiger partial charge in [-0.05, 0) is 6.42 Å². The Kier molecular flexibility index (Phi) is 7.95. The normalized spacial score (nSPS) is 14.4. The van der Waals surface area contributed by atoms with Crippen LogP contribution in [-0.2, 0) is 13.3 Å². The van der Waals surface area contributed by atoms with Gasteiger partial charge in [-0.15, -0.1) is 0 Å². The highest BCUT2D eigenvalue weighted by atomic mass is 32.1. The first-order valence-corrected chi connectivity index (χ1v) is 7.51. The lowest BCUT2D eigenvalue weighted by Crippen LogP contribution is -2.44. The van der Waals surface area contributed by atoms with E-state index in [4.69, 9.17) is 13.3 Å². The van der Waals surface area contributed by atoms with Gasteiger partial charge in [0.05, 0.1) is 0 Å². The van der Waals surface area contributed by atoms with E-state index in [1.54, 1.807) is 14.2 Å². The molecular formula is C9H22O3SSi. The van der Waals surface area contributed by atoms with Crippen molar-refractivity contribution in [1.82, 2.24) is 0 Å². The van der Waals surface area contributed by atoms with E-state index in [9.17, 15) is 0 Å². The molecule has 0 amide bonds. The van der Waals surface area contributed by atoms with Crippen molar-refractivity contribution >= 4 is 21.4 Å². The van der Waals surface area contributed by atoms with Crippen LogP contribution in [0.1, 0.15) is 26.7 Å². The van der Waals surface area contributed by atoms with Crippen molar-refractivity contribution < 1.29 is 13.3 Å². The van der Waals surface area contributed by atoms with Crippen LogP contribution < -0.4 is 0 Å². The summed E-state index contributed by atoms with van der Waals surface area (Å²) in [7, 11) is 0.944. The van der Waals surface area contributed by atoms with Gasteiger partial charge < -0.3 is 13.3 Å². The van der Waals surface area contributed by atoms with Gasteiger partial charge in [-0.3, -0.25) is 0 Å². The van der Waals surface area contributed by atoms with Gasteiger partial charge in [0.15, 0.2) is 0 Å². The van der Waals surface area contributed by atoms with Crippen molar-refractivity contribution in [2.75, 3.05) is 20.8 Å². The fourth-order valence-corrected chi connectivity index (χ4v) is 3.36. The predicted octanol–water partition coefficient (Wildman–Crippen LogP) is 2.35. The average Bonchev–Trinajstić information content (AvgIpc) is 2.24. The standard InChI is InChI=1S/C9H22O3SSi/c1-5-7-14(10-3,11-4)12-8-9(13)6-2/h9,13H,5-8H2,1-4H3. The maximum Gasteiger partial charge on any atom is 0.500 e. The first kappa shape index (κ1) is 14.4. The first-order valence-electron chi connectivity index (χ1n) is 5.06. The van der Waals surface area contributed by atoms with Gasteiger partial charge in [0, 0.05) is 32.1 Å². The van der Waals surface area contributed by atoms with E-state index in [1.807, 2.05) is 0 Å². The summed E-state index contributed by atoms with van der Waals surface area (Å²) < 4.78 is 16.5. The molecule has 0 N–H and O–H groups in total. The van der Waals surface area contributed by atoms with Crippen molar-refractivity contribution in [3.63, 3.8) is 0 Å². The summed E-state index contributed by atoms with van der Waals surface area (Å²) in [5, 5.41) is 0.268. The van der Waals surface area contributed by atoms with Crippen LogP contribution in [-0.4, -0.2) is 34.9 Å². The number of hydrogen-bond acceptors (Lipinski definition) is 4. The zero-order valence-corrected chi connectivity index (χ0v) is 11.5. The molecule has 1 unspecified atom stereocenters. The number of rotatable bonds is 8. The van der Waals surface area contributed by atoms with Crippen LogP contribution in [0.3, 0.4) is 0 Å². The molecule has 0 radical (unpaired) electrons. The van der Waals surface area contributed by atoms with Gasteiger partial charge in [-0.2, -0.15) is 12.6 Å². The third-order valence-electron chi connectivity index (χ3n) is 2.15. The Labute approximate surface area is 93.9 Å². The Hall–Kier alpha value is 0.447. The quantitative estimate of drug-likeness (QED) is 0.520. The van der Waals surface area contributed by atoms with E-state index in [-0.39, 0.29) is 5.25 Å². The Morgan fingerprint density at radius 3 is 2.14 bits per heavy atom. The molecule has 0 saturated heterocycles. The molecule has 0 bridgehead atoms. The maximum atomic E-state index is 5.74. The van der Waals surface area contributed by atoms with E-state index in [0.29, 0.717) is 6.61 Å². The van der Waals surface area contributed by atoms with E-state index >= 15 is 0 Å². The van der Waals surface area contributed by atoms with Crippen LogP contribution in [0, 0.1) is 0 Å². The summed E-state index contributed by atoms with van der Waals surface area (Å²) in [6, 6.07) is 0.865. The highest BCUT2D eigenvalue weighted by molar-refractivity contribution is 7.81. The fourth-order valence-electron chi connectivity index (χ4n) is 1.12. The summed E-state index contributed by atoms with van der Waals surface area (Å²) in [6.45, 7) is 4.79. The smallest absolute Gasteiger partial charge is 0.377 e. The Morgan fingerprint density at radius 2 is 1.79 bits per heavy atom. The van der Waals surface area contributed by atoms with E-state index in [2.05, 4.69) is 26.5 Å². The van der Waals surface area contributed by atoms with E-state index in [0.717, 1.165) is 18.9 Å². The molecule has 3 nitrogen and oxygen atoms in total. The Balaban J connectivity index is 4.06. The lowest BCUT2D eigenvalue weighted by Gasteiger charge is -2.27. The molecule has 0 fully saturated rings. The highest BCUT2D eigenvalue weighted by Gasteiger charge is 2.38. The molecule has 0 rings (SSSR count). The van der Waals surface area contributed by atoms with Crippen molar-refractivity contribution in [3.05, 3.63) is 0 Å². The fraction of sp³-hybridized carbons (Fsp3) is 1.00. The zero-order chi connectivity index (χ0) is 11.0. The maximum absolute atomic E-state index is 5.74.